The molecule has 0 fully saturated rings. The van der Waals surface area contributed by atoms with Gasteiger partial charge in [0.2, 0.25) is 5.43 Å². The van der Waals surface area contributed by atoms with Crippen molar-refractivity contribution in [1.82, 2.24) is 14.7 Å². The molecule has 0 saturated heterocycles. The number of hydrogen-bond acceptors (Lipinski definition) is 8. The molecule has 0 unspecified atom stereocenters. The molecule has 1 aliphatic heterocycles. The van der Waals surface area contributed by atoms with Crippen molar-refractivity contribution in [3.05, 3.63) is 80.6 Å². The lowest BCUT2D eigenvalue weighted by molar-refractivity contribution is 0.0663. The Morgan fingerprint density at radius 3 is 2.70 bits per heavy atom. The molecule has 12 heteroatoms. The number of amides is 1. The Morgan fingerprint density at radius 2 is 2.03 bits per heavy atom. The van der Waals surface area contributed by atoms with Gasteiger partial charge in [0.1, 0.15) is 29.8 Å². The number of Topliss-reactive ketones (excluding diaryl/α,β-unsaturated/α-hetero) is 1. The van der Waals surface area contributed by atoms with Gasteiger partial charge in [-0.25, -0.2) is 8.78 Å². The second kappa shape index (κ2) is 10.9. The number of carbonyl (C=O) groups is 2. The molecular formula is C25H26F2N4O6. The number of nitrogens with zero attached hydrogens (tertiary/aromatic N) is 4. The van der Waals surface area contributed by atoms with Gasteiger partial charge in [0.25, 0.3) is 5.91 Å². The van der Waals surface area contributed by atoms with Crippen LogP contribution in [0.1, 0.15) is 50.7 Å². The maximum atomic E-state index is 14.0. The van der Waals surface area contributed by atoms with E-state index in [1.54, 1.807) is 25.1 Å². The summed E-state index contributed by atoms with van der Waals surface area (Å²) >= 11 is 0. The van der Waals surface area contributed by atoms with Crippen LogP contribution in [0.3, 0.4) is 0 Å². The first-order valence-electron chi connectivity index (χ1n) is 11.6. The van der Waals surface area contributed by atoms with E-state index in [2.05, 4.69) is 5.16 Å². The summed E-state index contributed by atoms with van der Waals surface area (Å²) in [7, 11) is 1.54. The van der Waals surface area contributed by atoms with Crippen LogP contribution in [0.15, 0.2) is 39.8 Å². The maximum absolute atomic E-state index is 14.0. The van der Waals surface area contributed by atoms with E-state index in [0.29, 0.717) is 37.1 Å². The monoisotopic (exact) mass is 516 g/mol. The summed E-state index contributed by atoms with van der Waals surface area (Å²) in [6.45, 7) is 2.67. The number of aromatic nitrogens is 2. The van der Waals surface area contributed by atoms with Crippen LogP contribution in [0.25, 0.3) is 0 Å². The van der Waals surface area contributed by atoms with Gasteiger partial charge in [-0.05, 0) is 31.4 Å². The lowest BCUT2D eigenvalue weighted by Gasteiger charge is -2.39. The Hall–Kier alpha value is -4.06. The summed E-state index contributed by atoms with van der Waals surface area (Å²) in [5.74, 6) is -3.06. The number of ether oxygens (including phenoxy) is 1. The number of pyridine rings is 1. The van der Waals surface area contributed by atoms with Crippen molar-refractivity contribution >= 4 is 11.7 Å². The zero-order valence-electron chi connectivity index (χ0n) is 20.4. The van der Waals surface area contributed by atoms with Gasteiger partial charge in [-0.3, -0.25) is 24.1 Å². The molecule has 37 heavy (non-hydrogen) atoms. The lowest BCUT2D eigenvalue weighted by Crippen LogP contribution is -2.54. The number of hydrogen-bond donors (Lipinski definition) is 1. The number of aromatic hydroxyl groups is 1. The van der Waals surface area contributed by atoms with Gasteiger partial charge in [-0.2, -0.15) is 0 Å². The second-order valence-corrected chi connectivity index (χ2v) is 8.72. The standard InChI is InChI=1S/C25H26F2N4O6/c1-15-10-18(28-37-15)12-30-14-29(8-3-9-36-2)25(35)22-24(34)23(33)19(13-31(22)30)21(32)7-5-16-4-6-17(26)11-20(16)27/h4,6,10-11,13,34H,3,5,7-9,12,14H2,1-2H3. The van der Waals surface area contributed by atoms with Gasteiger partial charge in [-0.15, -0.1) is 0 Å². The zero-order chi connectivity index (χ0) is 26.7. The highest BCUT2D eigenvalue weighted by molar-refractivity contribution is 6.00. The van der Waals surface area contributed by atoms with Crippen LogP contribution in [0.4, 0.5) is 8.78 Å². The first kappa shape index (κ1) is 26.0. The highest BCUT2D eigenvalue weighted by Crippen LogP contribution is 2.23. The van der Waals surface area contributed by atoms with Crippen molar-refractivity contribution in [3.63, 3.8) is 0 Å². The number of fused-ring (bicyclic) bond motifs is 1. The van der Waals surface area contributed by atoms with Crippen LogP contribution in [0, 0.1) is 18.6 Å². The van der Waals surface area contributed by atoms with Crippen LogP contribution in [0.5, 0.6) is 5.75 Å². The molecule has 3 heterocycles. The van der Waals surface area contributed by atoms with Gasteiger partial charge in [0, 0.05) is 45.0 Å². The van der Waals surface area contributed by atoms with E-state index in [-0.39, 0.29) is 42.9 Å². The molecule has 0 aliphatic carbocycles. The molecule has 1 N–H and O–H groups in total. The smallest absolute Gasteiger partial charge is 0.277 e. The lowest BCUT2D eigenvalue weighted by atomic mass is 10.0. The molecule has 1 aromatic carbocycles. The summed E-state index contributed by atoms with van der Waals surface area (Å²) in [6.07, 6.45) is 1.38. The summed E-state index contributed by atoms with van der Waals surface area (Å²) in [5.41, 5.74) is -0.990. The normalized spacial score (nSPS) is 13.2. The minimum Gasteiger partial charge on any atom is -0.502 e. The number of carbonyl (C=O) groups excluding carboxylic acids is 2. The SMILES string of the molecule is COCCCN1CN(Cc2cc(C)on2)n2cc(C(=O)CCc3ccc(F)cc3F)c(=O)c(O)c2C1=O. The predicted molar refractivity (Wildman–Crippen MR) is 127 cm³/mol. The molecule has 0 radical (unpaired) electrons. The highest BCUT2D eigenvalue weighted by atomic mass is 19.1. The van der Waals surface area contributed by atoms with Gasteiger partial charge in [0.15, 0.2) is 17.2 Å². The van der Waals surface area contributed by atoms with E-state index in [1.807, 2.05) is 0 Å². The van der Waals surface area contributed by atoms with Gasteiger partial charge >= 0.3 is 0 Å². The Bertz CT molecular complexity index is 1390. The van der Waals surface area contributed by atoms with E-state index in [0.717, 1.165) is 6.07 Å². The van der Waals surface area contributed by atoms with Crippen molar-refractivity contribution in [2.24, 2.45) is 0 Å². The molecular weight excluding hydrogens is 490 g/mol. The summed E-state index contributed by atoms with van der Waals surface area (Å²) in [5, 5.41) is 16.4. The zero-order valence-corrected chi connectivity index (χ0v) is 20.4. The van der Waals surface area contributed by atoms with Crippen molar-refractivity contribution in [1.29, 1.82) is 0 Å². The molecule has 2 aromatic heterocycles. The van der Waals surface area contributed by atoms with Crippen molar-refractivity contribution < 1.29 is 32.7 Å². The molecule has 10 nitrogen and oxygen atoms in total. The molecule has 0 atom stereocenters. The Labute approximate surface area is 210 Å². The molecule has 4 rings (SSSR count). The number of halogens is 2. The number of aryl methyl sites for hydroxylation is 2. The van der Waals surface area contributed by atoms with Crippen molar-refractivity contribution in [2.45, 2.75) is 32.7 Å². The average Bonchev–Trinajstić information content (AvgIpc) is 3.27. The first-order chi connectivity index (χ1) is 17.7. The number of benzene rings is 1. The highest BCUT2D eigenvalue weighted by Gasteiger charge is 2.34. The van der Waals surface area contributed by atoms with E-state index >= 15 is 0 Å². The fourth-order valence-corrected chi connectivity index (χ4v) is 4.17. The second-order valence-electron chi connectivity index (χ2n) is 8.72. The molecule has 196 valence electrons. The summed E-state index contributed by atoms with van der Waals surface area (Å²) < 4.78 is 38.6. The van der Waals surface area contributed by atoms with Gasteiger partial charge in [-0.1, -0.05) is 11.2 Å². The van der Waals surface area contributed by atoms with Crippen LogP contribution < -0.4 is 10.4 Å². The summed E-state index contributed by atoms with van der Waals surface area (Å²) in [4.78, 5) is 40.6. The average molecular weight is 517 g/mol. The fraction of sp³-hybridized carbons (Fsp3) is 0.360. The maximum Gasteiger partial charge on any atom is 0.277 e. The number of ketones is 1. The van der Waals surface area contributed by atoms with E-state index < -0.39 is 34.5 Å². The largest absolute Gasteiger partial charge is 0.502 e. The predicted octanol–water partition coefficient (Wildman–Crippen LogP) is 2.53. The molecule has 0 saturated carbocycles. The van der Waals surface area contributed by atoms with Crippen LogP contribution in [0.2, 0.25) is 0 Å². The van der Waals surface area contributed by atoms with E-state index in [9.17, 15) is 28.3 Å². The molecule has 1 aliphatic rings. The first-order valence-corrected chi connectivity index (χ1v) is 11.6. The molecule has 0 spiro atoms. The number of methoxy groups -OCH3 is 1. The van der Waals surface area contributed by atoms with Crippen molar-refractivity contribution in [3.8, 4) is 5.75 Å². The Kier molecular flexibility index (Phi) is 7.67. The number of rotatable bonds is 10. The quantitative estimate of drug-likeness (QED) is 0.323. The molecule has 3 aromatic rings. The third-order valence-electron chi connectivity index (χ3n) is 6.03. The van der Waals surface area contributed by atoms with Crippen LogP contribution in [-0.4, -0.2) is 58.5 Å². The molecule has 1 amide bonds. The van der Waals surface area contributed by atoms with Gasteiger partial charge in [0.05, 0.1) is 12.1 Å². The van der Waals surface area contributed by atoms with Gasteiger partial charge < -0.3 is 19.3 Å². The topological polar surface area (TPSA) is 118 Å². The van der Waals surface area contributed by atoms with Crippen LogP contribution >= 0.6 is 0 Å². The third-order valence-corrected chi connectivity index (χ3v) is 6.03. The minimum absolute atomic E-state index is 0.0815. The summed E-state index contributed by atoms with van der Waals surface area (Å²) in [6, 6.07) is 4.73. The fourth-order valence-electron chi connectivity index (χ4n) is 4.17. The molecule has 0 bridgehead atoms. The minimum atomic E-state index is -1.000. The third kappa shape index (κ3) is 5.53. The van der Waals surface area contributed by atoms with Crippen LogP contribution in [-0.2, 0) is 17.7 Å². The van der Waals surface area contributed by atoms with E-state index in [1.165, 1.54) is 21.8 Å². The Balaban J connectivity index is 1.67. The van der Waals surface area contributed by atoms with Crippen molar-refractivity contribution in [2.75, 3.05) is 31.9 Å². The Morgan fingerprint density at radius 1 is 1.24 bits per heavy atom. The van der Waals surface area contributed by atoms with E-state index in [4.69, 9.17) is 9.26 Å².